The van der Waals surface area contributed by atoms with Crippen molar-refractivity contribution in [2.45, 2.75) is 13.8 Å². The summed E-state index contributed by atoms with van der Waals surface area (Å²) in [6.45, 7) is 3.69. The molecule has 0 N–H and O–H groups in total. The molecule has 0 aliphatic heterocycles. The van der Waals surface area contributed by atoms with E-state index in [-0.39, 0.29) is 12.0 Å². The Kier molecular flexibility index (Phi) is 3.70. The minimum atomic E-state index is -0.525. The molecule has 0 fully saturated rings. The molecule has 0 saturated carbocycles. The van der Waals surface area contributed by atoms with E-state index in [1.807, 2.05) is 6.07 Å². The Balaban J connectivity index is 2.55. The number of pyridine rings is 1. The lowest BCUT2D eigenvalue weighted by molar-refractivity contribution is 0.0527. The van der Waals surface area contributed by atoms with Gasteiger partial charge in [0, 0.05) is 21.4 Å². The van der Waals surface area contributed by atoms with E-state index in [2.05, 4.69) is 20.9 Å². The summed E-state index contributed by atoms with van der Waals surface area (Å²) in [5.41, 5.74) is 0.702. The Morgan fingerprint density at radius 1 is 1.36 bits per heavy atom. The van der Waals surface area contributed by atoms with Gasteiger partial charge < -0.3 is 9.15 Å². The van der Waals surface area contributed by atoms with Crippen LogP contribution in [-0.2, 0) is 4.74 Å². The largest absolute Gasteiger partial charge is 0.462 e. The van der Waals surface area contributed by atoms with E-state index in [0.717, 1.165) is 4.47 Å². The number of hydrogen-bond acceptors (Lipinski definition) is 5. The molecule has 0 unspecified atom stereocenters. The Morgan fingerprint density at radius 3 is 2.86 bits per heavy atom. The summed E-state index contributed by atoms with van der Waals surface area (Å²) in [6, 6.07) is 5.27. The van der Waals surface area contributed by atoms with Crippen LogP contribution in [0.2, 0.25) is 0 Å². The van der Waals surface area contributed by atoms with Gasteiger partial charge in [0.2, 0.25) is 0 Å². The summed E-state index contributed by atoms with van der Waals surface area (Å²) in [5.74, 6) is -0.495. The zero-order chi connectivity index (χ0) is 15.9. The monoisotopic (exact) mass is 361 g/mol. The van der Waals surface area contributed by atoms with Gasteiger partial charge in [0.1, 0.15) is 5.58 Å². The number of hydrogen-bond donors (Lipinski definition) is 0. The molecule has 6 heteroatoms. The minimum Gasteiger partial charge on any atom is -0.462 e. The summed E-state index contributed by atoms with van der Waals surface area (Å²) >= 11 is 3.40. The molecule has 2 aromatic heterocycles. The van der Waals surface area contributed by atoms with Gasteiger partial charge in [0.25, 0.3) is 0 Å². The third-order valence-corrected chi connectivity index (χ3v) is 3.87. The molecular formula is C16H12BrNO4. The van der Waals surface area contributed by atoms with Gasteiger partial charge in [-0.05, 0) is 32.0 Å². The summed E-state index contributed by atoms with van der Waals surface area (Å²) in [6.07, 6.45) is 1.43. The molecule has 3 rings (SSSR count). The van der Waals surface area contributed by atoms with Gasteiger partial charge in [0.15, 0.2) is 0 Å². The van der Waals surface area contributed by atoms with Crippen LogP contribution in [0, 0.1) is 6.92 Å². The highest BCUT2D eigenvalue weighted by Crippen LogP contribution is 2.29. The Morgan fingerprint density at radius 2 is 2.14 bits per heavy atom. The number of aromatic nitrogens is 1. The number of aryl methyl sites for hydroxylation is 1. The first kappa shape index (κ1) is 14.7. The van der Waals surface area contributed by atoms with Crippen molar-refractivity contribution in [1.82, 2.24) is 4.98 Å². The SMILES string of the molecule is CCOC(=O)c1c(C)ncc2c(=O)oc3ccc(Br)cc3c12. The zero-order valence-corrected chi connectivity index (χ0v) is 13.6. The molecule has 0 aliphatic rings. The van der Waals surface area contributed by atoms with Crippen LogP contribution in [0.25, 0.3) is 21.7 Å². The second-order valence-electron chi connectivity index (χ2n) is 4.76. The summed E-state index contributed by atoms with van der Waals surface area (Å²) < 4.78 is 11.2. The Bertz CT molecular complexity index is 962. The van der Waals surface area contributed by atoms with Gasteiger partial charge in [-0.3, -0.25) is 4.98 Å². The molecule has 0 saturated heterocycles. The van der Waals surface area contributed by atoms with Crippen LogP contribution in [0.3, 0.4) is 0 Å². The predicted molar refractivity (Wildman–Crippen MR) is 86.2 cm³/mol. The number of nitrogens with zero attached hydrogens (tertiary/aromatic N) is 1. The van der Waals surface area contributed by atoms with Crippen LogP contribution in [0.15, 0.2) is 38.1 Å². The first-order chi connectivity index (χ1) is 10.5. The second kappa shape index (κ2) is 5.53. The van der Waals surface area contributed by atoms with Gasteiger partial charge in [-0.15, -0.1) is 0 Å². The molecule has 0 aliphatic carbocycles. The van der Waals surface area contributed by atoms with Crippen molar-refractivity contribution in [3.05, 3.63) is 50.5 Å². The van der Waals surface area contributed by atoms with Crippen molar-refractivity contribution >= 4 is 43.6 Å². The number of rotatable bonds is 2. The zero-order valence-electron chi connectivity index (χ0n) is 12.0. The Labute approximate surface area is 134 Å². The number of benzene rings is 1. The maximum Gasteiger partial charge on any atom is 0.345 e. The fourth-order valence-corrected chi connectivity index (χ4v) is 2.80. The van der Waals surface area contributed by atoms with Crippen LogP contribution in [-0.4, -0.2) is 17.6 Å². The highest BCUT2D eigenvalue weighted by Gasteiger charge is 2.20. The maximum atomic E-state index is 12.3. The van der Waals surface area contributed by atoms with E-state index in [0.29, 0.717) is 27.6 Å². The number of carbonyl (C=O) groups excluding carboxylic acids is 1. The summed E-state index contributed by atoms with van der Waals surface area (Å²) in [7, 11) is 0. The lowest BCUT2D eigenvalue weighted by Crippen LogP contribution is -2.11. The van der Waals surface area contributed by atoms with Crippen LogP contribution in [0.5, 0.6) is 0 Å². The molecule has 0 spiro atoms. The van der Waals surface area contributed by atoms with Gasteiger partial charge in [-0.1, -0.05) is 15.9 Å². The van der Waals surface area contributed by atoms with Crippen molar-refractivity contribution in [1.29, 1.82) is 0 Å². The van der Waals surface area contributed by atoms with Crippen molar-refractivity contribution in [3.8, 4) is 0 Å². The van der Waals surface area contributed by atoms with E-state index >= 15 is 0 Å². The van der Waals surface area contributed by atoms with Gasteiger partial charge in [-0.2, -0.15) is 0 Å². The van der Waals surface area contributed by atoms with E-state index in [1.165, 1.54) is 6.20 Å². The predicted octanol–water partition coefficient (Wildman–Crippen LogP) is 3.59. The Hall–Kier alpha value is -2.21. The second-order valence-corrected chi connectivity index (χ2v) is 5.67. The number of ether oxygens (including phenoxy) is 1. The highest BCUT2D eigenvalue weighted by molar-refractivity contribution is 9.10. The number of carbonyl (C=O) groups is 1. The summed E-state index contributed by atoms with van der Waals surface area (Å²) in [4.78, 5) is 28.6. The first-order valence-corrected chi connectivity index (χ1v) is 7.51. The lowest BCUT2D eigenvalue weighted by Gasteiger charge is -2.10. The molecule has 112 valence electrons. The third-order valence-electron chi connectivity index (χ3n) is 3.38. The highest BCUT2D eigenvalue weighted by atomic mass is 79.9. The minimum absolute atomic E-state index is 0.248. The number of esters is 1. The smallest absolute Gasteiger partial charge is 0.345 e. The molecular weight excluding hydrogens is 350 g/mol. The molecule has 22 heavy (non-hydrogen) atoms. The fraction of sp³-hybridized carbons (Fsp3) is 0.188. The van der Waals surface area contributed by atoms with Crippen LogP contribution >= 0.6 is 15.9 Å². The third kappa shape index (κ3) is 2.29. The molecule has 1 aromatic carbocycles. The molecule has 5 nitrogen and oxygen atoms in total. The van der Waals surface area contributed by atoms with Gasteiger partial charge in [-0.25, -0.2) is 9.59 Å². The van der Waals surface area contributed by atoms with Crippen LogP contribution in [0.4, 0.5) is 0 Å². The molecule has 2 heterocycles. The standard InChI is InChI=1S/C16H12BrNO4/c1-3-21-16(20)13-8(2)18-7-11-14(13)10-6-9(17)4-5-12(10)22-15(11)19/h4-7H,3H2,1-2H3. The maximum absolute atomic E-state index is 12.3. The van der Waals surface area contributed by atoms with Crippen molar-refractivity contribution in [3.63, 3.8) is 0 Å². The molecule has 3 aromatic rings. The van der Waals surface area contributed by atoms with Crippen molar-refractivity contribution < 1.29 is 13.9 Å². The van der Waals surface area contributed by atoms with Crippen LogP contribution < -0.4 is 5.63 Å². The topological polar surface area (TPSA) is 69.4 Å². The molecule has 0 radical (unpaired) electrons. The van der Waals surface area contributed by atoms with Gasteiger partial charge in [0.05, 0.1) is 23.3 Å². The lowest BCUT2D eigenvalue weighted by atomic mass is 10.0. The van der Waals surface area contributed by atoms with Crippen molar-refractivity contribution in [2.75, 3.05) is 6.61 Å². The van der Waals surface area contributed by atoms with Gasteiger partial charge >= 0.3 is 11.6 Å². The van der Waals surface area contributed by atoms with Crippen molar-refractivity contribution in [2.24, 2.45) is 0 Å². The van der Waals surface area contributed by atoms with E-state index in [4.69, 9.17) is 9.15 Å². The summed E-state index contributed by atoms with van der Waals surface area (Å²) in [5, 5.41) is 1.44. The average Bonchev–Trinajstić information content (AvgIpc) is 2.48. The normalized spacial score (nSPS) is 11.0. The van der Waals surface area contributed by atoms with E-state index < -0.39 is 11.6 Å². The average molecular weight is 362 g/mol. The molecule has 0 bridgehead atoms. The molecule has 0 amide bonds. The quantitative estimate of drug-likeness (QED) is 0.396. The fourth-order valence-electron chi connectivity index (χ4n) is 2.44. The number of fused-ring (bicyclic) bond motifs is 3. The van der Waals surface area contributed by atoms with Crippen LogP contribution in [0.1, 0.15) is 23.0 Å². The first-order valence-electron chi connectivity index (χ1n) is 6.71. The molecule has 0 atom stereocenters. The number of halogens is 1. The van der Waals surface area contributed by atoms with E-state index in [9.17, 15) is 9.59 Å². The van der Waals surface area contributed by atoms with E-state index in [1.54, 1.807) is 26.0 Å².